The molecule has 2 heterocycles. The Morgan fingerprint density at radius 2 is 2.44 bits per heavy atom. The summed E-state index contributed by atoms with van der Waals surface area (Å²) in [6.07, 6.45) is 0.573. The van der Waals surface area contributed by atoms with Crippen LogP contribution in [0.25, 0.3) is 0 Å². The molecule has 0 spiro atoms. The largest absolute Gasteiger partial charge is 0.393 e. The SMILES string of the molecule is CC(O)C1CCN(C(=O)c2ccc(Br)s2)C1. The van der Waals surface area contributed by atoms with E-state index in [0.29, 0.717) is 6.54 Å². The number of amides is 1. The molecule has 88 valence electrons. The van der Waals surface area contributed by atoms with Crippen molar-refractivity contribution in [1.82, 2.24) is 4.90 Å². The van der Waals surface area contributed by atoms with Crippen LogP contribution in [-0.4, -0.2) is 35.1 Å². The van der Waals surface area contributed by atoms with Crippen LogP contribution in [0.5, 0.6) is 0 Å². The standard InChI is InChI=1S/C11H14BrNO2S/c1-7(14)8-4-5-13(6-8)11(15)9-2-3-10(12)16-9/h2-3,7-8,14H,4-6H2,1H3. The third-order valence-electron chi connectivity index (χ3n) is 2.98. The summed E-state index contributed by atoms with van der Waals surface area (Å²) in [5, 5.41) is 9.48. The molecule has 1 aromatic rings. The fourth-order valence-electron chi connectivity index (χ4n) is 1.95. The van der Waals surface area contributed by atoms with Crippen molar-refractivity contribution < 1.29 is 9.90 Å². The van der Waals surface area contributed by atoms with Crippen LogP contribution in [0, 0.1) is 5.92 Å². The van der Waals surface area contributed by atoms with Gasteiger partial charge >= 0.3 is 0 Å². The van der Waals surface area contributed by atoms with Gasteiger partial charge in [0, 0.05) is 19.0 Å². The zero-order valence-corrected chi connectivity index (χ0v) is 11.4. The molecule has 2 unspecified atom stereocenters. The molecule has 5 heteroatoms. The van der Waals surface area contributed by atoms with Gasteiger partial charge in [0.05, 0.1) is 14.8 Å². The van der Waals surface area contributed by atoms with E-state index in [1.54, 1.807) is 6.92 Å². The first-order valence-electron chi connectivity index (χ1n) is 5.30. The molecule has 0 aromatic carbocycles. The van der Waals surface area contributed by atoms with Crippen molar-refractivity contribution in [1.29, 1.82) is 0 Å². The molecule has 1 fully saturated rings. The molecule has 1 N–H and O–H groups in total. The van der Waals surface area contributed by atoms with Gasteiger partial charge < -0.3 is 10.0 Å². The van der Waals surface area contributed by atoms with Crippen molar-refractivity contribution in [2.45, 2.75) is 19.4 Å². The summed E-state index contributed by atoms with van der Waals surface area (Å²) in [7, 11) is 0. The first kappa shape index (κ1) is 12.1. The molecule has 1 amide bonds. The quantitative estimate of drug-likeness (QED) is 0.911. The van der Waals surface area contributed by atoms with Crippen molar-refractivity contribution in [3.63, 3.8) is 0 Å². The molecule has 1 aliphatic heterocycles. The number of nitrogens with zero attached hydrogens (tertiary/aromatic N) is 1. The number of hydrogen-bond donors (Lipinski definition) is 1. The van der Waals surface area contributed by atoms with Crippen LogP contribution in [0.3, 0.4) is 0 Å². The Balaban J connectivity index is 2.02. The number of hydrogen-bond acceptors (Lipinski definition) is 3. The van der Waals surface area contributed by atoms with E-state index in [0.717, 1.165) is 21.6 Å². The minimum absolute atomic E-state index is 0.0823. The molecule has 1 aliphatic rings. The summed E-state index contributed by atoms with van der Waals surface area (Å²) in [5.41, 5.74) is 0. The highest BCUT2D eigenvalue weighted by molar-refractivity contribution is 9.11. The van der Waals surface area contributed by atoms with Gasteiger partial charge in [-0.3, -0.25) is 4.79 Å². The Morgan fingerprint density at radius 1 is 1.69 bits per heavy atom. The first-order valence-corrected chi connectivity index (χ1v) is 6.91. The summed E-state index contributed by atoms with van der Waals surface area (Å²) in [6.45, 7) is 3.22. The van der Waals surface area contributed by atoms with E-state index in [-0.39, 0.29) is 17.9 Å². The highest BCUT2D eigenvalue weighted by Gasteiger charge is 2.29. The molecular formula is C11H14BrNO2S. The summed E-state index contributed by atoms with van der Waals surface area (Å²) < 4.78 is 0.974. The Morgan fingerprint density at radius 3 is 2.94 bits per heavy atom. The lowest BCUT2D eigenvalue weighted by atomic mass is 10.0. The minimum Gasteiger partial charge on any atom is -0.393 e. The van der Waals surface area contributed by atoms with Crippen LogP contribution in [-0.2, 0) is 0 Å². The smallest absolute Gasteiger partial charge is 0.263 e. The summed E-state index contributed by atoms with van der Waals surface area (Å²) in [5.74, 6) is 0.311. The Hall–Kier alpha value is -0.390. The van der Waals surface area contributed by atoms with Gasteiger partial charge in [-0.1, -0.05) is 0 Å². The van der Waals surface area contributed by atoms with Gasteiger partial charge in [-0.25, -0.2) is 0 Å². The van der Waals surface area contributed by atoms with Crippen molar-refractivity contribution in [3.05, 3.63) is 20.8 Å². The molecule has 0 saturated carbocycles. The Labute approximate surface area is 107 Å². The Kier molecular flexibility index (Phi) is 3.66. The maximum Gasteiger partial charge on any atom is 0.263 e. The minimum atomic E-state index is -0.326. The van der Waals surface area contributed by atoms with E-state index in [4.69, 9.17) is 0 Å². The molecule has 0 radical (unpaired) electrons. The second-order valence-electron chi connectivity index (χ2n) is 4.14. The molecule has 0 aliphatic carbocycles. The molecule has 1 saturated heterocycles. The zero-order chi connectivity index (χ0) is 11.7. The lowest BCUT2D eigenvalue weighted by molar-refractivity contribution is 0.0767. The van der Waals surface area contributed by atoms with Gasteiger partial charge in [-0.15, -0.1) is 11.3 Å². The average molecular weight is 304 g/mol. The van der Waals surface area contributed by atoms with Crippen LogP contribution >= 0.6 is 27.3 Å². The van der Waals surface area contributed by atoms with Crippen LogP contribution in [0.4, 0.5) is 0 Å². The summed E-state index contributed by atoms with van der Waals surface area (Å²) >= 11 is 4.81. The van der Waals surface area contributed by atoms with Crippen molar-refractivity contribution >= 4 is 33.2 Å². The number of halogens is 1. The molecule has 2 rings (SSSR count). The highest BCUT2D eigenvalue weighted by Crippen LogP contribution is 2.26. The van der Waals surface area contributed by atoms with E-state index >= 15 is 0 Å². The second-order valence-corrected chi connectivity index (χ2v) is 6.61. The first-order chi connectivity index (χ1) is 7.58. The number of aliphatic hydroxyl groups excluding tert-OH is 1. The van der Waals surface area contributed by atoms with E-state index in [1.165, 1.54) is 11.3 Å². The molecule has 0 bridgehead atoms. The number of carbonyl (C=O) groups is 1. The number of carbonyl (C=O) groups excluding carboxylic acids is 1. The third kappa shape index (κ3) is 2.47. The normalized spacial score (nSPS) is 22.4. The van der Waals surface area contributed by atoms with Crippen LogP contribution in [0.15, 0.2) is 15.9 Å². The number of thiophene rings is 1. The predicted molar refractivity (Wildman–Crippen MR) is 67.7 cm³/mol. The van der Waals surface area contributed by atoms with Crippen LogP contribution < -0.4 is 0 Å². The third-order valence-corrected chi connectivity index (χ3v) is 4.59. The van der Waals surface area contributed by atoms with Crippen molar-refractivity contribution in [3.8, 4) is 0 Å². The van der Waals surface area contributed by atoms with Crippen LogP contribution in [0.2, 0.25) is 0 Å². The molecule has 3 nitrogen and oxygen atoms in total. The van der Waals surface area contributed by atoms with Gasteiger partial charge in [0.15, 0.2) is 0 Å². The topological polar surface area (TPSA) is 40.5 Å². The molecule has 2 atom stereocenters. The number of rotatable bonds is 2. The average Bonchev–Trinajstić information content (AvgIpc) is 2.84. The van der Waals surface area contributed by atoms with E-state index in [9.17, 15) is 9.90 Å². The lowest BCUT2D eigenvalue weighted by Crippen LogP contribution is -2.29. The monoisotopic (exact) mass is 303 g/mol. The maximum absolute atomic E-state index is 12.1. The van der Waals surface area contributed by atoms with Gasteiger partial charge in [-0.05, 0) is 41.4 Å². The van der Waals surface area contributed by atoms with Gasteiger partial charge in [0.1, 0.15) is 0 Å². The molecular weight excluding hydrogens is 290 g/mol. The number of likely N-dealkylation sites (tertiary alicyclic amines) is 1. The zero-order valence-electron chi connectivity index (χ0n) is 9.02. The molecule has 16 heavy (non-hydrogen) atoms. The fourth-order valence-corrected chi connectivity index (χ4v) is 3.30. The van der Waals surface area contributed by atoms with Gasteiger partial charge in [0.25, 0.3) is 5.91 Å². The predicted octanol–water partition coefficient (Wildman–Crippen LogP) is 2.35. The fraction of sp³-hybridized carbons (Fsp3) is 0.545. The molecule has 1 aromatic heterocycles. The van der Waals surface area contributed by atoms with Gasteiger partial charge in [-0.2, -0.15) is 0 Å². The second kappa shape index (κ2) is 4.85. The van der Waals surface area contributed by atoms with E-state index in [1.807, 2.05) is 17.0 Å². The van der Waals surface area contributed by atoms with Gasteiger partial charge in [0.2, 0.25) is 0 Å². The van der Waals surface area contributed by atoms with E-state index in [2.05, 4.69) is 15.9 Å². The van der Waals surface area contributed by atoms with Crippen molar-refractivity contribution in [2.75, 3.05) is 13.1 Å². The summed E-state index contributed by atoms with van der Waals surface area (Å²) in [4.78, 5) is 14.7. The summed E-state index contributed by atoms with van der Waals surface area (Å²) in [6, 6.07) is 3.73. The number of aliphatic hydroxyl groups is 1. The maximum atomic E-state index is 12.1. The van der Waals surface area contributed by atoms with Crippen molar-refractivity contribution in [2.24, 2.45) is 5.92 Å². The van der Waals surface area contributed by atoms with E-state index < -0.39 is 0 Å². The Bertz CT molecular complexity index is 391. The highest BCUT2D eigenvalue weighted by atomic mass is 79.9. The lowest BCUT2D eigenvalue weighted by Gasteiger charge is -2.16. The van der Waals surface area contributed by atoms with Crippen LogP contribution in [0.1, 0.15) is 23.0 Å².